The summed E-state index contributed by atoms with van der Waals surface area (Å²) in [6, 6.07) is 19.4. The molecular weight excluding hydrogens is 382 g/mol. The predicted octanol–water partition coefficient (Wildman–Crippen LogP) is 4.76. The van der Waals surface area contributed by atoms with Crippen molar-refractivity contribution >= 4 is 40.0 Å². The molecule has 0 fully saturated rings. The van der Waals surface area contributed by atoms with Crippen LogP contribution >= 0.6 is 11.3 Å². The van der Waals surface area contributed by atoms with Crippen LogP contribution in [0.3, 0.4) is 0 Å². The lowest BCUT2D eigenvalue weighted by Crippen LogP contribution is -2.25. The zero-order valence-corrected chi connectivity index (χ0v) is 17.2. The van der Waals surface area contributed by atoms with Crippen molar-refractivity contribution in [2.75, 3.05) is 11.4 Å². The van der Waals surface area contributed by atoms with Crippen LogP contribution < -0.4 is 10.2 Å². The lowest BCUT2D eigenvalue weighted by Gasteiger charge is -2.17. The minimum atomic E-state index is -0.172. The molecule has 6 heteroatoms. The molecule has 0 aliphatic carbocycles. The van der Waals surface area contributed by atoms with Crippen molar-refractivity contribution in [3.8, 4) is 0 Å². The first-order valence-corrected chi connectivity index (χ1v) is 10.2. The van der Waals surface area contributed by atoms with Gasteiger partial charge in [-0.2, -0.15) is 0 Å². The van der Waals surface area contributed by atoms with E-state index in [-0.39, 0.29) is 17.7 Å². The molecule has 3 aromatic rings. The number of anilines is 2. The fourth-order valence-electron chi connectivity index (χ4n) is 2.83. The third-order valence-electron chi connectivity index (χ3n) is 4.39. The monoisotopic (exact) mass is 405 g/mol. The number of hydrogen-bond donors (Lipinski definition) is 1. The minimum absolute atomic E-state index is 0.117. The molecule has 5 nitrogen and oxygen atoms in total. The predicted molar refractivity (Wildman–Crippen MR) is 118 cm³/mol. The second kappa shape index (κ2) is 9.80. The van der Waals surface area contributed by atoms with Crippen LogP contribution in [0, 0.1) is 0 Å². The first-order valence-electron chi connectivity index (χ1n) is 9.36. The molecule has 148 valence electrons. The van der Waals surface area contributed by atoms with Crippen LogP contribution in [-0.2, 0) is 9.59 Å². The average Bonchev–Trinajstić information content (AvgIpc) is 3.20. The first-order chi connectivity index (χ1) is 14.0. The Morgan fingerprint density at radius 2 is 1.76 bits per heavy atom. The molecule has 0 radical (unpaired) electrons. The van der Waals surface area contributed by atoms with E-state index < -0.39 is 0 Å². The van der Waals surface area contributed by atoms with Crippen LogP contribution in [-0.4, -0.2) is 23.3 Å². The maximum absolute atomic E-state index is 12.1. The van der Waals surface area contributed by atoms with Crippen LogP contribution in [0.5, 0.6) is 0 Å². The van der Waals surface area contributed by atoms with Crippen LogP contribution in [0.4, 0.5) is 10.8 Å². The highest BCUT2D eigenvalue weighted by atomic mass is 32.1. The quantitative estimate of drug-likeness (QED) is 0.577. The van der Waals surface area contributed by atoms with Gasteiger partial charge in [0.25, 0.3) is 0 Å². The van der Waals surface area contributed by atoms with Crippen molar-refractivity contribution in [1.29, 1.82) is 0 Å². The number of nitrogens with zero attached hydrogens (tertiary/aromatic N) is 2. The van der Waals surface area contributed by atoms with Gasteiger partial charge in [0.15, 0.2) is 5.13 Å². The fourth-order valence-corrected chi connectivity index (χ4v) is 3.69. The number of benzene rings is 2. The fraction of sp³-hybridized carbons (Fsp3) is 0.174. The van der Waals surface area contributed by atoms with E-state index in [9.17, 15) is 9.59 Å². The number of carbonyl (C=O) groups excluding carboxylic acids is 2. The third-order valence-corrected chi connectivity index (χ3v) is 5.23. The van der Waals surface area contributed by atoms with Crippen molar-refractivity contribution in [2.45, 2.75) is 19.8 Å². The molecule has 0 bridgehead atoms. The van der Waals surface area contributed by atoms with Gasteiger partial charge in [-0.05, 0) is 29.7 Å². The van der Waals surface area contributed by atoms with E-state index in [1.807, 2.05) is 53.9 Å². The lowest BCUT2D eigenvalue weighted by molar-refractivity contribution is -0.117. The normalized spacial score (nSPS) is 11.9. The number of hydrogen-bond acceptors (Lipinski definition) is 4. The summed E-state index contributed by atoms with van der Waals surface area (Å²) < 4.78 is 0. The summed E-state index contributed by atoms with van der Waals surface area (Å²) in [6.07, 6.45) is 3.13. The van der Waals surface area contributed by atoms with E-state index in [2.05, 4.69) is 29.4 Å². The molecule has 2 amide bonds. The van der Waals surface area contributed by atoms with E-state index in [1.54, 1.807) is 11.0 Å². The maximum Gasteiger partial charge on any atom is 0.244 e. The number of amides is 2. The SMILES string of the molecule is CC(=O)N(c1ccccc1)c1nc(C=CC(=O)NCC(C)c2ccccc2)cs1. The zero-order chi connectivity index (χ0) is 20.6. The van der Waals surface area contributed by atoms with Crippen molar-refractivity contribution < 1.29 is 9.59 Å². The molecule has 1 aromatic heterocycles. The van der Waals surface area contributed by atoms with E-state index in [0.717, 1.165) is 5.69 Å². The van der Waals surface area contributed by atoms with Gasteiger partial charge < -0.3 is 5.32 Å². The van der Waals surface area contributed by atoms with Crippen LogP contribution in [0.25, 0.3) is 6.08 Å². The smallest absolute Gasteiger partial charge is 0.244 e. The van der Waals surface area contributed by atoms with E-state index in [1.165, 1.54) is 29.9 Å². The summed E-state index contributed by atoms with van der Waals surface area (Å²) in [5, 5.41) is 5.30. The topological polar surface area (TPSA) is 62.3 Å². The molecule has 0 spiro atoms. The standard InChI is InChI=1S/C23H23N3O2S/c1-17(19-9-5-3-6-10-19)15-24-22(28)14-13-20-16-29-23(25-20)26(18(2)27)21-11-7-4-8-12-21/h3-14,16-17H,15H2,1-2H3,(H,24,28). The van der Waals surface area contributed by atoms with Gasteiger partial charge in [-0.25, -0.2) is 4.98 Å². The van der Waals surface area contributed by atoms with Gasteiger partial charge in [0.05, 0.1) is 11.4 Å². The number of rotatable bonds is 7. The molecular formula is C23H23N3O2S. The largest absolute Gasteiger partial charge is 0.352 e. The van der Waals surface area contributed by atoms with Gasteiger partial charge in [-0.1, -0.05) is 55.5 Å². The number of nitrogens with one attached hydrogen (secondary N) is 1. The molecule has 1 atom stereocenters. The summed E-state index contributed by atoms with van der Waals surface area (Å²) in [5.41, 5.74) is 2.59. The number of thiazole rings is 1. The van der Waals surface area contributed by atoms with Crippen molar-refractivity contribution in [1.82, 2.24) is 10.3 Å². The third kappa shape index (κ3) is 5.62. The van der Waals surface area contributed by atoms with Crippen LogP contribution in [0.1, 0.15) is 31.0 Å². The lowest BCUT2D eigenvalue weighted by atomic mass is 10.0. The van der Waals surface area contributed by atoms with Crippen molar-refractivity contribution in [3.63, 3.8) is 0 Å². The summed E-state index contributed by atoms with van der Waals surface area (Å²) in [4.78, 5) is 30.3. The number of para-hydroxylation sites is 1. The van der Waals surface area contributed by atoms with E-state index in [0.29, 0.717) is 17.4 Å². The maximum atomic E-state index is 12.1. The van der Waals surface area contributed by atoms with Gasteiger partial charge in [-0.15, -0.1) is 11.3 Å². The summed E-state index contributed by atoms with van der Waals surface area (Å²) in [6.45, 7) is 4.14. The van der Waals surface area contributed by atoms with Gasteiger partial charge in [-0.3, -0.25) is 14.5 Å². The molecule has 3 rings (SSSR count). The molecule has 0 saturated heterocycles. The molecule has 0 aliphatic rings. The summed E-state index contributed by atoms with van der Waals surface area (Å²) in [7, 11) is 0. The Hall–Kier alpha value is -3.25. The zero-order valence-electron chi connectivity index (χ0n) is 16.4. The average molecular weight is 406 g/mol. The minimum Gasteiger partial charge on any atom is -0.352 e. The van der Waals surface area contributed by atoms with Gasteiger partial charge in [0.1, 0.15) is 0 Å². The first kappa shape index (κ1) is 20.5. The Morgan fingerprint density at radius 1 is 1.10 bits per heavy atom. The van der Waals surface area contributed by atoms with Crippen molar-refractivity contribution in [2.24, 2.45) is 0 Å². The molecule has 29 heavy (non-hydrogen) atoms. The van der Waals surface area contributed by atoms with E-state index >= 15 is 0 Å². The van der Waals surface area contributed by atoms with Crippen molar-refractivity contribution in [3.05, 3.63) is 83.4 Å². The second-order valence-corrected chi connectivity index (χ2v) is 7.47. The second-order valence-electron chi connectivity index (χ2n) is 6.64. The van der Waals surface area contributed by atoms with Crippen LogP contribution in [0.15, 0.2) is 72.1 Å². The molecule has 1 N–H and O–H groups in total. The Balaban J connectivity index is 1.61. The Morgan fingerprint density at radius 3 is 2.41 bits per heavy atom. The van der Waals surface area contributed by atoms with Crippen LogP contribution in [0.2, 0.25) is 0 Å². The Bertz CT molecular complexity index is 984. The molecule has 0 saturated carbocycles. The highest BCUT2D eigenvalue weighted by Gasteiger charge is 2.17. The van der Waals surface area contributed by atoms with Gasteiger partial charge in [0.2, 0.25) is 11.8 Å². The molecule has 2 aromatic carbocycles. The van der Waals surface area contributed by atoms with Gasteiger partial charge in [0, 0.05) is 24.9 Å². The highest BCUT2D eigenvalue weighted by Crippen LogP contribution is 2.29. The molecule has 1 heterocycles. The Labute approximate surface area is 174 Å². The number of carbonyl (C=O) groups is 2. The van der Waals surface area contributed by atoms with Gasteiger partial charge >= 0.3 is 0 Å². The Kier molecular flexibility index (Phi) is 6.92. The summed E-state index contributed by atoms with van der Waals surface area (Å²) in [5.74, 6) is -0.0584. The molecule has 0 aliphatic heterocycles. The molecule has 1 unspecified atom stereocenters. The highest BCUT2D eigenvalue weighted by molar-refractivity contribution is 7.14. The number of aromatic nitrogens is 1. The van der Waals surface area contributed by atoms with E-state index in [4.69, 9.17) is 0 Å². The summed E-state index contributed by atoms with van der Waals surface area (Å²) >= 11 is 1.36.